The zero-order valence-electron chi connectivity index (χ0n) is 12.0. The van der Waals surface area contributed by atoms with Crippen LogP contribution in [-0.4, -0.2) is 22.1 Å². The van der Waals surface area contributed by atoms with Crippen molar-refractivity contribution in [3.8, 4) is 5.75 Å². The van der Waals surface area contributed by atoms with E-state index in [9.17, 15) is 0 Å². The highest BCUT2D eigenvalue weighted by Crippen LogP contribution is 2.47. The summed E-state index contributed by atoms with van der Waals surface area (Å²) in [5.41, 5.74) is 1.09. The van der Waals surface area contributed by atoms with Gasteiger partial charge in [-0.2, -0.15) is 0 Å². The summed E-state index contributed by atoms with van der Waals surface area (Å²) in [4.78, 5) is 11.7. The second-order valence-electron chi connectivity index (χ2n) is 4.47. The van der Waals surface area contributed by atoms with E-state index in [-0.39, 0.29) is 0 Å². The highest BCUT2D eigenvalue weighted by atomic mass is 35.6. The van der Waals surface area contributed by atoms with Crippen molar-refractivity contribution in [2.24, 2.45) is 0 Å². The Balaban J connectivity index is 2.62. The number of hydrogen-bond acceptors (Lipinski definition) is 4. The summed E-state index contributed by atoms with van der Waals surface area (Å²) in [7, 11) is 1.46. The normalized spacial score (nSPS) is 12.6. The molecular formula is C14H9Cl6N3O. The number of nitrogens with zero attached hydrogens (tertiary/aromatic N) is 3. The average molecular weight is 448 g/mol. The van der Waals surface area contributed by atoms with E-state index in [1.807, 2.05) is 0 Å². The van der Waals surface area contributed by atoms with Crippen LogP contribution < -0.4 is 4.74 Å². The zero-order valence-corrected chi connectivity index (χ0v) is 16.5. The lowest BCUT2D eigenvalue weighted by molar-refractivity contribution is 0.413. The first-order valence-electron chi connectivity index (χ1n) is 6.29. The maximum Gasteiger partial charge on any atom is 0.216 e. The van der Waals surface area contributed by atoms with Crippen LogP contribution in [0.5, 0.6) is 5.75 Å². The minimum absolute atomic E-state index is 0.290. The molecule has 0 unspecified atom stereocenters. The Labute approximate surface area is 168 Å². The van der Waals surface area contributed by atoms with Crippen molar-refractivity contribution >= 4 is 81.8 Å². The molecule has 0 radical (unpaired) electrons. The van der Waals surface area contributed by atoms with Crippen molar-refractivity contribution < 1.29 is 4.74 Å². The molecule has 128 valence electrons. The van der Waals surface area contributed by atoms with Crippen LogP contribution in [-0.2, 0) is 7.59 Å². The molecule has 0 spiro atoms. The van der Waals surface area contributed by atoms with Crippen LogP contribution in [0.4, 0.5) is 0 Å². The van der Waals surface area contributed by atoms with E-state index >= 15 is 0 Å². The molecule has 4 nitrogen and oxygen atoms in total. The minimum atomic E-state index is -1.77. The van der Waals surface area contributed by atoms with Gasteiger partial charge in [0.15, 0.2) is 5.82 Å². The molecule has 0 bridgehead atoms. The number of rotatable bonds is 3. The van der Waals surface area contributed by atoms with Gasteiger partial charge in [0, 0.05) is 16.7 Å². The Hall–Kier alpha value is -0.490. The molecule has 2 aromatic rings. The van der Waals surface area contributed by atoms with Gasteiger partial charge < -0.3 is 4.74 Å². The van der Waals surface area contributed by atoms with Gasteiger partial charge >= 0.3 is 0 Å². The van der Waals surface area contributed by atoms with Gasteiger partial charge in [0.1, 0.15) is 18.4 Å². The molecule has 24 heavy (non-hydrogen) atoms. The third kappa shape index (κ3) is 5.01. The third-order valence-corrected chi connectivity index (χ3v) is 4.17. The topological polar surface area (TPSA) is 47.9 Å². The second-order valence-corrected chi connectivity index (χ2v) is 9.03. The first-order valence-corrected chi connectivity index (χ1v) is 8.56. The van der Waals surface area contributed by atoms with E-state index in [0.717, 1.165) is 0 Å². The quantitative estimate of drug-likeness (QED) is 0.566. The number of ether oxygens (including phenoxy) is 1. The molecule has 0 saturated carbocycles. The van der Waals surface area contributed by atoms with Crippen molar-refractivity contribution in [1.29, 1.82) is 0 Å². The maximum absolute atomic E-state index is 6.07. The molecule has 1 aromatic carbocycles. The zero-order chi connectivity index (χ0) is 18.0. The Morgan fingerprint density at radius 1 is 0.917 bits per heavy atom. The standard InChI is InChI=1S/C14H9Cl6N3O/c1-24-11-5-8(13(15,16)17)4-10(14(18,19)20)9(11)2-3-12-22-6-21-7-23-12/h2-7H,1H3. The molecule has 2 rings (SSSR count). The molecule has 1 aromatic heterocycles. The number of alkyl halides is 6. The predicted molar refractivity (Wildman–Crippen MR) is 100 cm³/mol. The Morgan fingerprint density at radius 2 is 1.54 bits per heavy atom. The lowest BCUT2D eigenvalue weighted by atomic mass is 10.0. The lowest BCUT2D eigenvalue weighted by Gasteiger charge is -2.21. The second kappa shape index (κ2) is 7.81. The van der Waals surface area contributed by atoms with E-state index in [4.69, 9.17) is 74.3 Å². The number of hydrogen-bond donors (Lipinski definition) is 0. The third-order valence-electron chi connectivity index (χ3n) is 2.91. The maximum atomic E-state index is 6.07. The number of halogens is 6. The average Bonchev–Trinajstić information content (AvgIpc) is 2.51. The fraction of sp³-hybridized carbons (Fsp3) is 0.214. The molecule has 0 aliphatic heterocycles. The summed E-state index contributed by atoms with van der Waals surface area (Å²) in [5.74, 6) is 0.790. The Morgan fingerprint density at radius 3 is 2.04 bits per heavy atom. The first kappa shape index (κ1) is 19.8. The predicted octanol–water partition coefficient (Wildman–Crippen LogP) is 5.70. The van der Waals surface area contributed by atoms with Gasteiger partial charge in [0.05, 0.1) is 7.11 Å². The van der Waals surface area contributed by atoms with Crippen molar-refractivity contribution in [1.82, 2.24) is 15.0 Å². The molecule has 0 aliphatic rings. The van der Waals surface area contributed by atoms with Gasteiger partial charge in [-0.25, -0.2) is 15.0 Å². The highest BCUT2D eigenvalue weighted by molar-refractivity contribution is 6.67. The molecule has 1 heterocycles. The molecule has 0 N–H and O–H groups in total. The smallest absolute Gasteiger partial charge is 0.216 e. The van der Waals surface area contributed by atoms with E-state index < -0.39 is 7.59 Å². The summed E-state index contributed by atoms with van der Waals surface area (Å²) in [6.07, 6.45) is 6.00. The number of methoxy groups -OCH3 is 1. The van der Waals surface area contributed by atoms with E-state index in [2.05, 4.69) is 15.0 Å². The number of aromatic nitrogens is 3. The van der Waals surface area contributed by atoms with Crippen molar-refractivity contribution in [3.63, 3.8) is 0 Å². The van der Waals surface area contributed by atoms with Crippen LogP contribution in [0.2, 0.25) is 0 Å². The molecule has 0 atom stereocenters. The van der Waals surface area contributed by atoms with Crippen LogP contribution in [0.3, 0.4) is 0 Å². The van der Waals surface area contributed by atoms with Crippen molar-refractivity contribution in [2.45, 2.75) is 7.59 Å². The first-order chi connectivity index (χ1) is 11.1. The van der Waals surface area contributed by atoms with E-state index in [1.54, 1.807) is 18.2 Å². The largest absolute Gasteiger partial charge is 0.496 e. The van der Waals surface area contributed by atoms with E-state index in [1.165, 1.54) is 25.8 Å². The summed E-state index contributed by atoms with van der Waals surface area (Å²) in [6, 6.07) is 3.05. The molecule has 0 fully saturated rings. The number of benzene rings is 1. The Kier molecular flexibility index (Phi) is 6.46. The van der Waals surface area contributed by atoms with Crippen LogP contribution in [0, 0.1) is 0 Å². The van der Waals surface area contributed by atoms with Gasteiger partial charge in [0.25, 0.3) is 0 Å². The van der Waals surface area contributed by atoms with Gasteiger partial charge in [-0.05, 0) is 24.3 Å². The summed E-state index contributed by atoms with van der Waals surface area (Å²) in [5, 5.41) is 0. The molecule has 0 aliphatic carbocycles. The fourth-order valence-electron chi connectivity index (χ4n) is 1.86. The fourth-order valence-corrected chi connectivity index (χ4v) is 2.65. The van der Waals surface area contributed by atoms with Gasteiger partial charge in [0.2, 0.25) is 7.59 Å². The van der Waals surface area contributed by atoms with Crippen molar-refractivity contribution in [3.05, 3.63) is 47.3 Å². The van der Waals surface area contributed by atoms with Gasteiger partial charge in [-0.15, -0.1) is 0 Å². The highest BCUT2D eigenvalue weighted by Gasteiger charge is 2.32. The van der Waals surface area contributed by atoms with E-state index in [0.29, 0.717) is 28.3 Å². The van der Waals surface area contributed by atoms with Crippen molar-refractivity contribution in [2.75, 3.05) is 7.11 Å². The van der Waals surface area contributed by atoms with Gasteiger partial charge in [-0.1, -0.05) is 69.6 Å². The molecular weight excluding hydrogens is 439 g/mol. The van der Waals surface area contributed by atoms with Crippen LogP contribution in [0.15, 0.2) is 24.8 Å². The SMILES string of the molecule is COc1cc(C(Cl)(Cl)Cl)cc(C(Cl)(Cl)Cl)c1C=Cc1ncncn1. The van der Waals surface area contributed by atoms with Crippen LogP contribution in [0.25, 0.3) is 12.2 Å². The lowest BCUT2D eigenvalue weighted by Crippen LogP contribution is -2.09. The Bertz CT molecular complexity index is 741. The summed E-state index contributed by atoms with van der Waals surface area (Å²) in [6.45, 7) is 0. The monoisotopic (exact) mass is 445 g/mol. The van der Waals surface area contributed by atoms with Crippen LogP contribution >= 0.6 is 69.6 Å². The molecule has 10 heteroatoms. The molecule has 0 amide bonds. The van der Waals surface area contributed by atoms with Crippen LogP contribution in [0.1, 0.15) is 22.5 Å². The molecule has 0 saturated heterocycles. The van der Waals surface area contributed by atoms with Gasteiger partial charge in [-0.3, -0.25) is 0 Å². The minimum Gasteiger partial charge on any atom is -0.496 e. The summed E-state index contributed by atoms with van der Waals surface area (Å²) >= 11 is 36.0. The summed E-state index contributed by atoms with van der Waals surface area (Å²) < 4.78 is 1.88.